The zero-order valence-electron chi connectivity index (χ0n) is 11.4. The minimum atomic E-state index is -4.11. The van der Waals surface area contributed by atoms with Crippen molar-refractivity contribution in [3.8, 4) is 0 Å². The van der Waals surface area contributed by atoms with Crippen LogP contribution in [0.1, 0.15) is 59.3 Å². The first-order valence-electron chi connectivity index (χ1n) is 6.81. The van der Waals surface area contributed by atoms with Crippen LogP contribution in [0.2, 0.25) is 0 Å². The lowest BCUT2D eigenvalue weighted by atomic mass is 9.58. The maximum atomic E-state index is 12.2. The normalized spacial score (nSPS) is 42.5. The van der Waals surface area contributed by atoms with E-state index in [0.717, 1.165) is 19.3 Å². The van der Waals surface area contributed by atoms with E-state index in [1.807, 2.05) is 13.8 Å². The Balaban J connectivity index is 2.10. The first-order valence-corrected chi connectivity index (χ1v) is 6.81. The lowest BCUT2D eigenvalue weighted by Crippen LogP contribution is -2.54. The summed E-state index contributed by atoms with van der Waals surface area (Å²) in [6.45, 7) is 6.10. The minimum Gasteiger partial charge on any atom is -0.389 e. The van der Waals surface area contributed by atoms with Crippen molar-refractivity contribution in [2.75, 3.05) is 0 Å². The Labute approximate surface area is 107 Å². The molecular formula is C14H23F3O. The summed E-state index contributed by atoms with van der Waals surface area (Å²) < 4.78 is 36.7. The van der Waals surface area contributed by atoms with E-state index in [-0.39, 0.29) is 23.7 Å². The average Bonchev–Trinajstić information content (AvgIpc) is 2.64. The summed E-state index contributed by atoms with van der Waals surface area (Å²) >= 11 is 0. The molecule has 4 heteroatoms. The zero-order valence-corrected chi connectivity index (χ0v) is 11.4. The summed E-state index contributed by atoms with van der Waals surface area (Å²) in [4.78, 5) is 0. The fraction of sp³-hybridized carbons (Fsp3) is 1.00. The predicted octanol–water partition coefficient (Wildman–Crippen LogP) is 4.30. The average molecular weight is 264 g/mol. The molecule has 2 bridgehead atoms. The number of alkyl halides is 3. The Morgan fingerprint density at radius 3 is 2.28 bits per heavy atom. The Hall–Kier alpha value is -0.250. The fourth-order valence-corrected chi connectivity index (χ4v) is 4.52. The standard InChI is InChI=1S/C14H23F3O/c1-11(2)10-5-8-12(3,9-10)13(11,18)6-4-7-14(15,16)17/h10,18H,4-9H2,1-3H3. The zero-order chi connectivity index (χ0) is 13.8. The number of fused-ring (bicyclic) bond motifs is 2. The molecule has 0 heterocycles. The highest BCUT2D eigenvalue weighted by Crippen LogP contribution is 2.69. The van der Waals surface area contributed by atoms with Crippen LogP contribution in [0.25, 0.3) is 0 Å². The second-order valence-corrected chi connectivity index (χ2v) is 7.05. The SMILES string of the molecule is CC12CCC(C1)C(C)(C)C2(O)CCCC(F)(F)F. The van der Waals surface area contributed by atoms with E-state index in [0.29, 0.717) is 5.92 Å². The van der Waals surface area contributed by atoms with Crippen LogP contribution in [0, 0.1) is 16.7 Å². The summed E-state index contributed by atoms with van der Waals surface area (Å²) in [6.07, 6.45) is -1.58. The summed E-state index contributed by atoms with van der Waals surface area (Å²) in [5.41, 5.74) is -1.38. The molecular weight excluding hydrogens is 241 g/mol. The van der Waals surface area contributed by atoms with Crippen molar-refractivity contribution in [2.45, 2.75) is 71.1 Å². The molecule has 2 saturated carbocycles. The van der Waals surface area contributed by atoms with Gasteiger partial charge in [0.1, 0.15) is 0 Å². The van der Waals surface area contributed by atoms with Gasteiger partial charge in [0.25, 0.3) is 0 Å². The molecule has 1 nitrogen and oxygen atoms in total. The third-order valence-corrected chi connectivity index (χ3v) is 5.83. The van der Waals surface area contributed by atoms with Gasteiger partial charge in [-0.05, 0) is 48.9 Å². The number of hydrogen-bond acceptors (Lipinski definition) is 1. The summed E-state index contributed by atoms with van der Waals surface area (Å²) in [6, 6.07) is 0. The Morgan fingerprint density at radius 2 is 1.83 bits per heavy atom. The molecule has 0 aromatic rings. The fourth-order valence-electron chi connectivity index (χ4n) is 4.52. The molecule has 0 saturated heterocycles. The van der Waals surface area contributed by atoms with Crippen molar-refractivity contribution in [1.82, 2.24) is 0 Å². The number of rotatable bonds is 3. The van der Waals surface area contributed by atoms with Crippen LogP contribution < -0.4 is 0 Å². The molecule has 0 spiro atoms. The van der Waals surface area contributed by atoms with Crippen LogP contribution in [0.15, 0.2) is 0 Å². The van der Waals surface area contributed by atoms with Crippen LogP contribution >= 0.6 is 0 Å². The highest BCUT2D eigenvalue weighted by Gasteiger charge is 2.67. The topological polar surface area (TPSA) is 20.2 Å². The van der Waals surface area contributed by atoms with Crippen molar-refractivity contribution >= 4 is 0 Å². The van der Waals surface area contributed by atoms with Crippen LogP contribution in [0.3, 0.4) is 0 Å². The molecule has 0 aromatic carbocycles. The van der Waals surface area contributed by atoms with E-state index in [1.165, 1.54) is 0 Å². The van der Waals surface area contributed by atoms with Gasteiger partial charge in [-0.3, -0.25) is 0 Å². The molecule has 2 aliphatic rings. The van der Waals surface area contributed by atoms with E-state index in [1.54, 1.807) is 0 Å². The molecule has 2 aliphatic carbocycles. The molecule has 2 fully saturated rings. The highest BCUT2D eigenvalue weighted by molar-refractivity contribution is 5.17. The van der Waals surface area contributed by atoms with Gasteiger partial charge in [-0.15, -0.1) is 0 Å². The summed E-state index contributed by atoms with van der Waals surface area (Å²) in [5.74, 6) is 0.457. The van der Waals surface area contributed by atoms with Crippen molar-refractivity contribution in [3.05, 3.63) is 0 Å². The molecule has 0 amide bonds. The van der Waals surface area contributed by atoms with Crippen LogP contribution in [0.4, 0.5) is 13.2 Å². The number of halogens is 3. The monoisotopic (exact) mass is 264 g/mol. The quantitative estimate of drug-likeness (QED) is 0.806. The third-order valence-electron chi connectivity index (χ3n) is 5.83. The van der Waals surface area contributed by atoms with Crippen molar-refractivity contribution < 1.29 is 18.3 Å². The molecule has 0 radical (unpaired) electrons. The van der Waals surface area contributed by atoms with Gasteiger partial charge < -0.3 is 5.11 Å². The lowest BCUT2D eigenvalue weighted by Gasteiger charge is -2.51. The van der Waals surface area contributed by atoms with Crippen molar-refractivity contribution in [3.63, 3.8) is 0 Å². The minimum absolute atomic E-state index is 0.0335. The van der Waals surface area contributed by atoms with E-state index >= 15 is 0 Å². The first-order chi connectivity index (χ1) is 8.02. The van der Waals surface area contributed by atoms with E-state index < -0.39 is 18.2 Å². The van der Waals surface area contributed by atoms with Crippen molar-refractivity contribution in [2.24, 2.45) is 16.7 Å². The lowest BCUT2D eigenvalue weighted by molar-refractivity contribution is -0.163. The Morgan fingerprint density at radius 1 is 1.22 bits per heavy atom. The summed E-state index contributed by atoms with van der Waals surface area (Å²) in [7, 11) is 0. The summed E-state index contributed by atoms with van der Waals surface area (Å²) in [5, 5.41) is 11.0. The van der Waals surface area contributed by atoms with E-state index in [4.69, 9.17) is 0 Å². The van der Waals surface area contributed by atoms with Gasteiger partial charge >= 0.3 is 6.18 Å². The van der Waals surface area contributed by atoms with Gasteiger partial charge in [0.05, 0.1) is 5.60 Å². The maximum Gasteiger partial charge on any atom is 0.389 e. The largest absolute Gasteiger partial charge is 0.389 e. The Bertz CT molecular complexity index is 330. The molecule has 2 rings (SSSR count). The van der Waals surface area contributed by atoms with Crippen LogP contribution in [0.5, 0.6) is 0 Å². The van der Waals surface area contributed by atoms with Crippen LogP contribution in [-0.4, -0.2) is 16.9 Å². The highest BCUT2D eigenvalue weighted by atomic mass is 19.4. The van der Waals surface area contributed by atoms with Gasteiger partial charge in [-0.1, -0.05) is 20.8 Å². The van der Waals surface area contributed by atoms with E-state index in [9.17, 15) is 18.3 Å². The number of hydrogen-bond donors (Lipinski definition) is 1. The van der Waals surface area contributed by atoms with Crippen LogP contribution in [-0.2, 0) is 0 Å². The van der Waals surface area contributed by atoms with Gasteiger partial charge in [-0.25, -0.2) is 0 Å². The van der Waals surface area contributed by atoms with Gasteiger partial charge in [0, 0.05) is 6.42 Å². The van der Waals surface area contributed by atoms with Gasteiger partial charge in [0.15, 0.2) is 0 Å². The van der Waals surface area contributed by atoms with Gasteiger partial charge in [-0.2, -0.15) is 13.2 Å². The van der Waals surface area contributed by atoms with Gasteiger partial charge in [0.2, 0.25) is 0 Å². The maximum absolute atomic E-state index is 12.2. The molecule has 106 valence electrons. The third kappa shape index (κ3) is 1.87. The van der Waals surface area contributed by atoms with Crippen molar-refractivity contribution in [1.29, 1.82) is 0 Å². The molecule has 0 aromatic heterocycles. The predicted molar refractivity (Wildman–Crippen MR) is 64.1 cm³/mol. The molecule has 3 atom stereocenters. The second-order valence-electron chi connectivity index (χ2n) is 7.05. The second kappa shape index (κ2) is 3.87. The molecule has 0 aliphatic heterocycles. The Kier molecular flexibility index (Phi) is 3.05. The smallest absolute Gasteiger partial charge is 0.389 e. The first kappa shape index (κ1) is 14.2. The molecule has 3 unspecified atom stereocenters. The molecule has 1 N–H and O–H groups in total. The number of aliphatic hydroxyl groups is 1. The van der Waals surface area contributed by atoms with E-state index in [2.05, 4.69) is 6.92 Å². The molecule has 18 heavy (non-hydrogen) atoms.